The maximum Gasteiger partial charge on any atom is 0.346 e. The van der Waals surface area contributed by atoms with Crippen molar-refractivity contribution in [2.24, 2.45) is 0 Å². The molecule has 88 valence electrons. The van der Waals surface area contributed by atoms with Crippen LogP contribution in [0.25, 0.3) is 0 Å². The Morgan fingerprint density at radius 2 is 2.31 bits per heavy atom. The number of hydrogen-bond donors (Lipinski definition) is 2. The van der Waals surface area contributed by atoms with Crippen molar-refractivity contribution < 1.29 is 19.4 Å². The molecule has 0 aliphatic heterocycles. The van der Waals surface area contributed by atoms with Crippen molar-refractivity contribution >= 4 is 23.2 Å². The molecule has 1 amide bonds. The van der Waals surface area contributed by atoms with Gasteiger partial charge in [0.2, 0.25) is 5.91 Å². The highest BCUT2D eigenvalue weighted by Crippen LogP contribution is 2.21. The smallest absolute Gasteiger partial charge is 0.346 e. The maximum absolute atomic E-state index is 11.1. The van der Waals surface area contributed by atoms with Crippen molar-refractivity contribution in [3.05, 3.63) is 16.3 Å². The molecule has 1 aromatic heterocycles. The van der Waals surface area contributed by atoms with E-state index in [4.69, 9.17) is 9.84 Å². The summed E-state index contributed by atoms with van der Waals surface area (Å²) < 4.78 is 5.24. The third-order valence-electron chi connectivity index (χ3n) is 1.76. The van der Waals surface area contributed by atoms with Gasteiger partial charge in [-0.15, -0.1) is 11.3 Å². The molecule has 0 aliphatic rings. The Labute approximate surface area is 97.0 Å². The van der Waals surface area contributed by atoms with Crippen LogP contribution in [-0.4, -0.2) is 30.1 Å². The topological polar surface area (TPSA) is 75.6 Å². The number of carbonyl (C=O) groups excluding carboxylic acids is 1. The van der Waals surface area contributed by atoms with Gasteiger partial charge in [0.15, 0.2) is 0 Å². The van der Waals surface area contributed by atoms with Crippen LogP contribution in [0.3, 0.4) is 0 Å². The van der Waals surface area contributed by atoms with Gasteiger partial charge in [0.05, 0.1) is 13.0 Å². The van der Waals surface area contributed by atoms with E-state index in [2.05, 4.69) is 5.32 Å². The van der Waals surface area contributed by atoms with E-state index in [-0.39, 0.29) is 23.8 Å². The number of hydrogen-bond acceptors (Lipinski definition) is 4. The van der Waals surface area contributed by atoms with E-state index in [0.29, 0.717) is 12.3 Å². The van der Waals surface area contributed by atoms with Gasteiger partial charge in [-0.1, -0.05) is 0 Å². The molecule has 16 heavy (non-hydrogen) atoms. The third kappa shape index (κ3) is 3.90. The number of amides is 1. The van der Waals surface area contributed by atoms with Gasteiger partial charge in [-0.05, 0) is 6.92 Å². The number of rotatable bonds is 6. The highest BCUT2D eigenvalue weighted by atomic mass is 32.1. The van der Waals surface area contributed by atoms with Crippen LogP contribution in [0, 0.1) is 0 Å². The van der Waals surface area contributed by atoms with Gasteiger partial charge < -0.3 is 15.2 Å². The summed E-state index contributed by atoms with van der Waals surface area (Å²) in [6, 6.07) is 1.45. The minimum atomic E-state index is -0.969. The second-order valence-electron chi connectivity index (χ2n) is 3.00. The predicted molar refractivity (Wildman–Crippen MR) is 60.1 cm³/mol. The van der Waals surface area contributed by atoms with Crippen LogP contribution in [0.5, 0.6) is 5.75 Å². The largest absolute Gasteiger partial charge is 0.492 e. The fraction of sp³-hybridized carbons (Fsp3) is 0.400. The lowest BCUT2D eigenvalue weighted by Gasteiger charge is -2.03. The molecular weight excluding hydrogens is 230 g/mol. The van der Waals surface area contributed by atoms with Crippen LogP contribution in [0.2, 0.25) is 0 Å². The molecule has 0 saturated heterocycles. The quantitative estimate of drug-likeness (QED) is 0.790. The van der Waals surface area contributed by atoms with E-state index in [1.807, 2.05) is 6.92 Å². The molecule has 1 aromatic rings. The summed E-state index contributed by atoms with van der Waals surface area (Å²) in [6.07, 6.45) is 0.270. The molecule has 0 aromatic carbocycles. The normalized spacial score (nSPS) is 9.81. The van der Waals surface area contributed by atoms with E-state index >= 15 is 0 Å². The van der Waals surface area contributed by atoms with Crippen molar-refractivity contribution in [1.29, 1.82) is 0 Å². The second-order valence-corrected chi connectivity index (χ2v) is 3.92. The first-order valence-corrected chi connectivity index (χ1v) is 5.72. The lowest BCUT2D eigenvalue weighted by Crippen LogP contribution is -2.24. The van der Waals surface area contributed by atoms with Gasteiger partial charge in [-0.25, -0.2) is 4.79 Å². The zero-order valence-electron chi connectivity index (χ0n) is 8.86. The number of carboxylic acids is 1. The van der Waals surface area contributed by atoms with E-state index in [1.165, 1.54) is 6.07 Å². The average molecular weight is 243 g/mol. The summed E-state index contributed by atoms with van der Waals surface area (Å²) in [5, 5.41) is 12.9. The fourth-order valence-electron chi connectivity index (χ4n) is 1.05. The molecule has 5 nitrogen and oxygen atoms in total. The second kappa shape index (κ2) is 6.12. The first-order valence-electron chi connectivity index (χ1n) is 4.84. The Morgan fingerprint density at radius 1 is 1.56 bits per heavy atom. The Bertz CT molecular complexity index is 375. The van der Waals surface area contributed by atoms with Crippen LogP contribution >= 0.6 is 11.3 Å². The molecule has 0 aliphatic carbocycles. The predicted octanol–water partition coefficient (Wildman–Crippen LogP) is 1.35. The molecule has 0 unspecified atom stereocenters. The van der Waals surface area contributed by atoms with E-state index in [0.717, 1.165) is 11.3 Å². The lowest BCUT2D eigenvalue weighted by atomic mass is 10.4. The molecule has 0 bridgehead atoms. The molecule has 1 heterocycles. The highest BCUT2D eigenvalue weighted by Gasteiger charge is 2.07. The van der Waals surface area contributed by atoms with Gasteiger partial charge in [-0.3, -0.25) is 4.79 Å². The standard InChI is InChI=1S/C10H13NO4S/c1-2-11-9(12)3-4-15-7-5-8(10(13)14)16-6-7/h5-6H,2-4H2,1H3,(H,11,12)(H,13,14). The van der Waals surface area contributed by atoms with E-state index < -0.39 is 5.97 Å². The number of carboxylic acid groups (broad SMARTS) is 1. The number of nitrogens with one attached hydrogen (secondary N) is 1. The first kappa shape index (κ1) is 12.5. The number of ether oxygens (including phenoxy) is 1. The molecular formula is C10H13NO4S. The van der Waals surface area contributed by atoms with Crippen LogP contribution in [0.1, 0.15) is 23.0 Å². The first-order chi connectivity index (χ1) is 7.63. The molecule has 2 N–H and O–H groups in total. The number of thiophene rings is 1. The van der Waals surface area contributed by atoms with Gasteiger partial charge >= 0.3 is 5.97 Å². The van der Waals surface area contributed by atoms with Gasteiger partial charge in [0.25, 0.3) is 0 Å². The van der Waals surface area contributed by atoms with Crippen LogP contribution in [0.15, 0.2) is 11.4 Å². The molecule has 6 heteroatoms. The Balaban J connectivity index is 2.32. The van der Waals surface area contributed by atoms with Crippen LogP contribution in [0.4, 0.5) is 0 Å². The summed E-state index contributed by atoms with van der Waals surface area (Å²) in [7, 11) is 0. The molecule has 0 atom stereocenters. The van der Waals surface area contributed by atoms with Crippen molar-refractivity contribution in [2.75, 3.05) is 13.2 Å². The summed E-state index contributed by atoms with van der Waals surface area (Å²) in [4.78, 5) is 21.9. The molecule has 0 fully saturated rings. The zero-order chi connectivity index (χ0) is 12.0. The number of carbonyl (C=O) groups is 2. The van der Waals surface area contributed by atoms with Crippen LogP contribution in [-0.2, 0) is 4.79 Å². The van der Waals surface area contributed by atoms with E-state index in [9.17, 15) is 9.59 Å². The van der Waals surface area contributed by atoms with Crippen molar-refractivity contribution in [2.45, 2.75) is 13.3 Å². The average Bonchev–Trinajstić information content (AvgIpc) is 2.67. The Morgan fingerprint density at radius 3 is 2.88 bits per heavy atom. The van der Waals surface area contributed by atoms with Crippen molar-refractivity contribution in [3.8, 4) is 5.75 Å². The third-order valence-corrected chi connectivity index (χ3v) is 2.65. The Hall–Kier alpha value is -1.56. The number of aromatic carboxylic acids is 1. The summed E-state index contributed by atoms with van der Waals surface area (Å²) >= 11 is 1.10. The molecule has 1 rings (SSSR count). The summed E-state index contributed by atoms with van der Waals surface area (Å²) in [5.41, 5.74) is 0. The molecule has 0 saturated carbocycles. The van der Waals surface area contributed by atoms with Crippen LogP contribution < -0.4 is 10.1 Å². The van der Waals surface area contributed by atoms with Gasteiger partial charge in [0, 0.05) is 18.0 Å². The van der Waals surface area contributed by atoms with Gasteiger partial charge in [-0.2, -0.15) is 0 Å². The summed E-state index contributed by atoms with van der Waals surface area (Å²) in [6.45, 7) is 2.69. The monoisotopic (exact) mass is 243 g/mol. The molecule has 0 spiro atoms. The Kier molecular flexibility index (Phi) is 4.78. The summed E-state index contributed by atoms with van der Waals surface area (Å²) in [5.74, 6) is -0.550. The van der Waals surface area contributed by atoms with Crippen molar-refractivity contribution in [3.63, 3.8) is 0 Å². The molecule has 0 radical (unpaired) electrons. The lowest BCUT2D eigenvalue weighted by molar-refractivity contribution is -0.121. The fourth-order valence-corrected chi connectivity index (χ4v) is 1.72. The van der Waals surface area contributed by atoms with E-state index in [1.54, 1.807) is 5.38 Å². The zero-order valence-corrected chi connectivity index (χ0v) is 9.67. The highest BCUT2D eigenvalue weighted by molar-refractivity contribution is 7.12. The van der Waals surface area contributed by atoms with Gasteiger partial charge in [0.1, 0.15) is 10.6 Å². The minimum Gasteiger partial charge on any atom is -0.492 e. The maximum atomic E-state index is 11.1. The van der Waals surface area contributed by atoms with Crippen molar-refractivity contribution in [1.82, 2.24) is 5.32 Å². The minimum absolute atomic E-state index is 0.0730. The SMILES string of the molecule is CCNC(=O)CCOc1csc(C(=O)O)c1.